The molecule has 4 unspecified atom stereocenters. The van der Waals surface area contributed by atoms with E-state index >= 15 is 0 Å². The fourth-order valence-electron chi connectivity index (χ4n) is 3.31. The number of phenols is 1. The van der Waals surface area contributed by atoms with Crippen molar-refractivity contribution in [1.29, 1.82) is 0 Å². The second-order valence-corrected chi connectivity index (χ2v) is 8.68. The monoisotopic (exact) mass is 551 g/mol. The number of rotatable bonds is 17. The number of nitrogens with two attached hydrogens (primary N) is 4. The predicted molar refractivity (Wildman–Crippen MR) is 134 cm³/mol. The molecule has 214 valence electrons. The van der Waals surface area contributed by atoms with E-state index in [-0.39, 0.29) is 37.9 Å². The van der Waals surface area contributed by atoms with Crippen LogP contribution < -0.4 is 38.9 Å². The molecule has 0 fully saturated rings. The number of carbonyl (C=O) groups excluding carboxylic acids is 6. The predicted octanol–water partition coefficient (Wildman–Crippen LogP) is -3.79. The van der Waals surface area contributed by atoms with Crippen molar-refractivity contribution in [3.63, 3.8) is 0 Å². The summed E-state index contributed by atoms with van der Waals surface area (Å²) in [6.07, 6.45) is -2.05. The van der Waals surface area contributed by atoms with Gasteiger partial charge in [0.25, 0.3) is 0 Å². The summed E-state index contributed by atoms with van der Waals surface area (Å²) in [5.41, 5.74) is 21.8. The van der Waals surface area contributed by atoms with Crippen LogP contribution in [0.4, 0.5) is 0 Å². The van der Waals surface area contributed by atoms with Gasteiger partial charge < -0.3 is 49.1 Å². The third-order valence-electron chi connectivity index (χ3n) is 5.37. The van der Waals surface area contributed by atoms with Crippen molar-refractivity contribution in [1.82, 2.24) is 16.0 Å². The van der Waals surface area contributed by atoms with E-state index in [9.17, 15) is 43.8 Å². The van der Waals surface area contributed by atoms with Gasteiger partial charge in [0.05, 0.1) is 12.5 Å². The minimum absolute atomic E-state index is 0.0131. The lowest BCUT2D eigenvalue weighted by Gasteiger charge is -2.25. The Morgan fingerprint density at radius 1 is 0.692 bits per heavy atom. The van der Waals surface area contributed by atoms with Gasteiger partial charge in [0, 0.05) is 12.8 Å². The molecule has 0 heterocycles. The minimum Gasteiger partial charge on any atom is -0.508 e. The first-order valence-corrected chi connectivity index (χ1v) is 11.7. The van der Waals surface area contributed by atoms with Crippen molar-refractivity contribution in [2.45, 2.75) is 62.7 Å². The number of phenolic OH excluding ortho intramolecular Hbond substituents is 1. The van der Waals surface area contributed by atoms with Gasteiger partial charge in [-0.1, -0.05) is 12.1 Å². The molecule has 4 atom stereocenters. The maximum absolute atomic E-state index is 13.0. The van der Waals surface area contributed by atoms with Crippen LogP contribution in [0.15, 0.2) is 24.3 Å². The standard InChI is InChI=1S/C23H33N7O9/c24-13(9-11-1-3-12(31)4-2-11)20(35)28-14(5-7-17(25)32)21(36)29-15(6-8-18(26)33)22(37)30-16(23(38)39)10-19(27)34/h1-4,13-16,31H,5-10,24H2,(H2,25,32)(H2,26,33)(H2,27,34)(H,28,35)(H,29,36)(H,30,37)(H,38,39). The lowest BCUT2D eigenvalue weighted by Crippen LogP contribution is -2.57. The summed E-state index contributed by atoms with van der Waals surface area (Å²) in [5, 5.41) is 25.3. The fraction of sp³-hybridized carbons (Fsp3) is 0.435. The van der Waals surface area contributed by atoms with E-state index < -0.39 is 72.0 Å². The maximum atomic E-state index is 13.0. The van der Waals surface area contributed by atoms with Gasteiger partial charge >= 0.3 is 5.97 Å². The zero-order chi connectivity index (χ0) is 29.7. The Balaban J connectivity index is 3.04. The molecule has 0 aromatic heterocycles. The van der Waals surface area contributed by atoms with Crippen LogP contribution in [0.2, 0.25) is 0 Å². The molecule has 0 aliphatic rings. The van der Waals surface area contributed by atoms with Gasteiger partial charge in [0.15, 0.2) is 0 Å². The van der Waals surface area contributed by atoms with Gasteiger partial charge in [-0.2, -0.15) is 0 Å². The second kappa shape index (κ2) is 15.5. The molecule has 0 aliphatic carbocycles. The fourth-order valence-corrected chi connectivity index (χ4v) is 3.31. The van der Waals surface area contributed by atoms with Crippen molar-refractivity contribution in [2.75, 3.05) is 0 Å². The van der Waals surface area contributed by atoms with E-state index in [4.69, 9.17) is 22.9 Å². The molecular formula is C23H33N7O9. The van der Waals surface area contributed by atoms with Crippen LogP contribution in [-0.2, 0) is 40.0 Å². The normalized spacial score (nSPS) is 13.7. The van der Waals surface area contributed by atoms with Crippen molar-refractivity contribution in [2.24, 2.45) is 22.9 Å². The van der Waals surface area contributed by atoms with E-state index in [2.05, 4.69) is 16.0 Å². The van der Waals surface area contributed by atoms with E-state index in [1.165, 1.54) is 12.1 Å². The smallest absolute Gasteiger partial charge is 0.326 e. The zero-order valence-corrected chi connectivity index (χ0v) is 20.9. The van der Waals surface area contributed by atoms with Gasteiger partial charge in [-0.05, 0) is 37.0 Å². The molecule has 0 bridgehead atoms. The highest BCUT2D eigenvalue weighted by Gasteiger charge is 2.31. The number of carboxylic acids is 1. The van der Waals surface area contributed by atoms with Gasteiger partial charge in [-0.15, -0.1) is 0 Å². The summed E-state index contributed by atoms with van der Waals surface area (Å²) >= 11 is 0. The Bertz CT molecular complexity index is 1080. The minimum atomic E-state index is -1.72. The quantitative estimate of drug-likeness (QED) is 0.0909. The summed E-state index contributed by atoms with van der Waals surface area (Å²) in [4.78, 5) is 83.6. The van der Waals surface area contributed by atoms with Crippen LogP contribution in [0, 0.1) is 0 Å². The van der Waals surface area contributed by atoms with Crippen molar-refractivity contribution >= 4 is 41.4 Å². The topological polar surface area (TPSA) is 300 Å². The molecule has 1 rings (SSSR count). The molecule has 1 aromatic rings. The van der Waals surface area contributed by atoms with Gasteiger partial charge in [-0.3, -0.25) is 28.8 Å². The number of aromatic hydroxyl groups is 1. The largest absolute Gasteiger partial charge is 0.508 e. The van der Waals surface area contributed by atoms with E-state index in [1.54, 1.807) is 12.1 Å². The third-order valence-corrected chi connectivity index (χ3v) is 5.37. The van der Waals surface area contributed by atoms with Crippen LogP contribution in [0.1, 0.15) is 37.7 Å². The summed E-state index contributed by atoms with van der Waals surface area (Å²) in [5.74, 6) is -7.00. The van der Waals surface area contributed by atoms with Crippen LogP contribution in [0.25, 0.3) is 0 Å². The number of amides is 6. The number of carbonyl (C=O) groups is 7. The van der Waals surface area contributed by atoms with Crippen LogP contribution in [-0.4, -0.2) is 75.8 Å². The molecule has 0 saturated heterocycles. The van der Waals surface area contributed by atoms with Gasteiger partial charge in [0.1, 0.15) is 23.9 Å². The average molecular weight is 552 g/mol. The highest BCUT2D eigenvalue weighted by atomic mass is 16.4. The van der Waals surface area contributed by atoms with Crippen molar-refractivity contribution in [3.8, 4) is 5.75 Å². The Hall–Kier alpha value is -4.73. The number of hydrogen-bond acceptors (Lipinski definition) is 9. The van der Waals surface area contributed by atoms with Crippen molar-refractivity contribution < 1.29 is 43.8 Å². The first kappa shape index (κ1) is 32.3. The van der Waals surface area contributed by atoms with E-state index in [1.807, 2.05) is 0 Å². The van der Waals surface area contributed by atoms with Crippen molar-refractivity contribution in [3.05, 3.63) is 29.8 Å². The molecule has 16 nitrogen and oxygen atoms in total. The molecule has 6 amide bonds. The van der Waals surface area contributed by atoms with E-state index in [0.717, 1.165) is 0 Å². The maximum Gasteiger partial charge on any atom is 0.326 e. The average Bonchev–Trinajstić information content (AvgIpc) is 2.84. The molecule has 0 radical (unpaired) electrons. The highest BCUT2D eigenvalue weighted by molar-refractivity contribution is 5.95. The Morgan fingerprint density at radius 2 is 1.13 bits per heavy atom. The molecule has 0 spiro atoms. The van der Waals surface area contributed by atoms with Gasteiger partial charge in [0.2, 0.25) is 35.4 Å². The van der Waals surface area contributed by atoms with Gasteiger partial charge in [-0.25, -0.2) is 4.79 Å². The van der Waals surface area contributed by atoms with Crippen LogP contribution >= 0.6 is 0 Å². The number of benzene rings is 1. The SMILES string of the molecule is NC(=O)CCC(NC(=O)C(N)Cc1ccc(O)cc1)C(=O)NC(CCC(N)=O)C(=O)NC(CC(N)=O)C(=O)O. The number of aliphatic carboxylic acids is 1. The molecule has 13 N–H and O–H groups in total. The molecular weight excluding hydrogens is 518 g/mol. The molecule has 16 heteroatoms. The third kappa shape index (κ3) is 12.4. The van der Waals surface area contributed by atoms with E-state index in [0.29, 0.717) is 5.56 Å². The summed E-state index contributed by atoms with van der Waals surface area (Å²) < 4.78 is 0. The lowest BCUT2D eigenvalue weighted by atomic mass is 10.0. The summed E-state index contributed by atoms with van der Waals surface area (Å²) in [6, 6.07) is 0.120. The first-order chi connectivity index (χ1) is 18.2. The number of carboxylic acid groups (broad SMARTS) is 1. The van der Waals surface area contributed by atoms with Crippen LogP contribution in [0.3, 0.4) is 0 Å². The molecule has 1 aromatic carbocycles. The Morgan fingerprint density at radius 3 is 1.54 bits per heavy atom. The van der Waals surface area contributed by atoms with Crippen LogP contribution in [0.5, 0.6) is 5.75 Å². The Labute approximate surface area is 222 Å². The molecule has 39 heavy (non-hydrogen) atoms. The highest BCUT2D eigenvalue weighted by Crippen LogP contribution is 2.11. The second-order valence-electron chi connectivity index (χ2n) is 8.68. The molecule has 0 aliphatic heterocycles. The Kier molecular flexibility index (Phi) is 12.8. The number of nitrogens with one attached hydrogen (secondary N) is 3. The number of primary amides is 3. The molecule has 0 saturated carbocycles. The summed E-state index contributed by atoms with van der Waals surface area (Å²) in [6.45, 7) is 0. The zero-order valence-electron chi connectivity index (χ0n) is 20.9. The number of hydrogen-bond donors (Lipinski definition) is 9. The first-order valence-electron chi connectivity index (χ1n) is 11.7. The summed E-state index contributed by atoms with van der Waals surface area (Å²) in [7, 11) is 0. The lowest BCUT2D eigenvalue weighted by molar-refractivity contribution is -0.144.